The van der Waals surface area contributed by atoms with Gasteiger partial charge in [-0.1, -0.05) is 61.7 Å². The minimum Gasteiger partial charge on any atom is -1.00 e. The van der Waals surface area contributed by atoms with Crippen LogP contribution in [0.4, 0.5) is 0 Å². The van der Waals surface area contributed by atoms with Crippen LogP contribution in [0.3, 0.4) is 0 Å². The molecule has 0 aromatic heterocycles. The summed E-state index contributed by atoms with van der Waals surface area (Å²) in [5.74, 6) is -0.796. The number of benzene rings is 2. The maximum atomic E-state index is 12.8. The van der Waals surface area contributed by atoms with Gasteiger partial charge in [0.05, 0.1) is 0 Å². The van der Waals surface area contributed by atoms with Gasteiger partial charge in [0.2, 0.25) is 6.10 Å². The zero-order chi connectivity index (χ0) is 21.3. The van der Waals surface area contributed by atoms with Crippen LogP contribution in [0.25, 0.3) is 0 Å². The third kappa shape index (κ3) is 7.56. The number of quaternary nitrogens is 1. The summed E-state index contributed by atoms with van der Waals surface area (Å²) in [4.78, 5) is 25.5. The quantitative estimate of drug-likeness (QED) is 0.545. The van der Waals surface area contributed by atoms with Crippen molar-refractivity contribution in [3.8, 4) is 5.75 Å². The number of esters is 2. The summed E-state index contributed by atoms with van der Waals surface area (Å²) in [7, 11) is 0. The van der Waals surface area contributed by atoms with Gasteiger partial charge in [-0.05, 0) is 36.1 Å². The van der Waals surface area contributed by atoms with Crippen LogP contribution in [-0.4, -0.2) is 29.2 Å². The van der Waals surface area contributed by atoms with E-state index in [1.165, 1.54) is 6.42 Å². The SMILES string of the molecule is [Cl-].[NH3+][C@H](C(=O)OC(Cc1cccc(O)c1)C(=O)OCc1ccccc1)C1CCCCC1. The fourth-order valence-electron chi connectivity index (χ4n) is 3.85. The van der Waals surface area contributed by atoms with Crippen molar-refractivity contribution in [2.75, 3.05) is 0 Å². The Bertz CT molecular complexity index is 839. The largest absolute Gasteiger partial charge is 1.00 e. The topological polar surface area (TPSA) is 100 Å². The Kier molecular flexibility index (Phi) is 9.82. The maximum Gasteiger partial charge on any atom is 0.365 e. The van der Waals surface area contributed by atoms with E-state index in [1.807, 2.05) is 30.3 Å². The Morgan fingerprint density at radius 1 is 0.968 bits per heavy atom. The van der Waals surface area contributed by atoms with Gasteiger partial charge in [0.25, 0.3) is 0 Å². The molecule has 2 aromatic rings. The second kappa shape index (κ2) is 12.3. The number of carbonyl (C=O) groups is 2. The molecule has 1 aliphatic rings. The van der Waals surface area contributed by atoms with Crippen molar-refractivity contribution in [3.05, 3.63) is 65.7 Å². The van der Waals surface area contributed by atoms with Crippen LogP contribution < -0.4 is 18.1 Å². The number of phenols is 1. The van der Waals surface area contributed by atoms with Gasteiger partial charge in [-0.25, -0.2) is 9.59 Å². The van der Waals surface area contributed by atoms with Crippen molar-refractivity contribution in [2.24, 2.45) is 5.92 Å². The lowest BCUT2D eigenvalue weighted by atomic mass is 9.84. The molecule has 7 heteroatoms. The zero-order valence-corrected chi connectivity index (χ0v) is 18.3. The smallest absolute Gasteiger partial charge is 0.365 e. The van der Waals surface area contributed by atoms with Crippen LogP contribution in [-0.2, 0) is 32.1 Å². The molecule has 0 heterocycles. The van der Waals surface area contributed by atoms with Crippen LogP contribution in [0.1, 0.15) is 43.2 Å². The van der Waals surface area contributed by atoms with Gasteiger partial charge in [0, 0.05) is 12.3 Å². The van der Waals surface area contributed by atoms with Gasteiger partial charge in [-0.2, -0.15) is 0 Å². The fraction of sp³-hybridized carbons (Fsp3) is 0.417. The summed E-state index contributed by atoms with van der Waals surface area (Å²) in [6.45, 7) is 0.101. The van der Waals surface area contributed by atoms with Crippen molar-refractivity contribution in [3.63, 3.8) is 0 Å². The normalized spacial score (nSPS) is 15.9. The summed E-state index contributed by atoms with van der Waals surface area (Å²) < 4.78 is 11.0. The van der Waals surface area contributed by atoms with E-state index in [1.54, 1.807) is 24.3 Å². The summed E-state index contributed by atoms with van der Waals surface area (Å²) in [6.07, 6.45) is 4.33. The van der Waals surface area contributed by atoms with Crippen LogP contribution >= 0.6 is 0 Å². The molecule has 0 aliphatic heterocycles. The lowest BCUT2D eigenvalue weighted by Crippen LogP contribution is -3.00. The van der Waals surface area contributed by atoms with E-state index < -0.39 is 24.1 Å². The van der Waals surface area contributed by atoms with Gasteiger partial charge < -0.3 is 32.7 Å². The number of aromatic hydroxyl groups is 1. The molecule has 31 heavy (non-hydrogen) atoms. The van der Waals surface area contributed by atoms with Gasteiger partial charge in [0.15, 0.2) is 6.04 Å². The second-order valence-corrected chi connectivity index (χ2v) is 7.90. The van der Waals surface area contributed by atoms with Crippen molar-refractivity contribution in [1.82, 2.24) is 0 Å². The number of rotatable bonds is 8. The zero-order valence-electron chi connectivity index (χ0n) is 17.5. The minimum absolute atomic E-state index is 0. The molecule has 0 radical (unpaired) electrons. The van der Waals surface area contributed by atoms with E-state index >= 15 is 0 Å². The van der Waals surface area contributed by atoms with Crippen molar-refractivity contribution in [2.45, 2.75) is 57.3 Å². The predicted molar refractivity (Wildman–Crippen MR) is 111 cm³/mol. The number of hydrogen-bond donors (Lipinski definition) is 2. The molecule has 6 nitrogen and oxygen atoms in total. The van der Waals surface area contributed by atoms with E-state index in [0.717, 1.165) is 31.2 Å². The van der Waals surface area contributed by atoms with Gasteiger partial charge in [-0.15, -0.1) is 0 Å². The van der Waals surface area contributed by atoms with Crippen LogP contribution in [0, 0.1) is 5.92 Å². The first-order chi connectivity index (χ1) is 14.5. The number of phenolic OH excluding ortho intramolecular Hbond substituents is 1. The lowest BCUT2D eigenvalue weighted by Gasteiger charge is -2.25. The molecule has 168 valence electrons. The van der Waals surface area contributed by atoms with Gasteiger partial charge in [-0.3, -0.25) is 0 Å². The van der Waals surface area contributed by atoms with Crippen molar-refractivity contribution >= 4 is 11.9 Å². The highest BCUT2D eigenvalue weighted by atomic mass is 35.5. The summed E-state index contributed by atoms with van der Waals surface area (Å²) >= 11 is 0. The van der Waals surface area contributed by atoms with Crippen molar-refractivity contribution < 1.29 is 42.3 Å². The Labute approximate surface area is 189 Å². The highest BCUT2D eigenvalue weighted by molar-refractivity contribution is 5.81. The molecule has 2 atom stereocenters. The van der Waals surface area contributed by atoms with E-state index in [4.69, 9.17) is 9.47 Å². The molecule has 1 unspecified atom stereocenters. The van der Waals surface area contributed by atoms with Crippen molar-refractivity contribution in [1.29, 1.82) is 0 Å². The first-order valence-electron chi connectivity index (χ1n) is 10.5. The summed E-state index contributed by atoms with van der Waals surface area (Å²) in [6, 6.07) is 15.4. The highest BCUT2D eigenvalue weighted by Gasteiger charge is 2.34. The number of halogens is 1. The summed E-state index contributed by atoms with van der Waals surface area (Å²) in [5.41, 5.74) is 5.56. The number of hydrogen-bond acceptors (Lipinski definition) is 5. The molecule has 0 bridgehead atoms. The fourth-order valence-corrected chi connectivity index (χ4v) is 3.85. The summed E-state index contributed by atoms with van der Waals surface area (Å²) in [5, 5.41) is 9.72. The third-order valence-electron chi connectivity index (χ3n) is 5.60. The minimum atomic E-state index is -1.09. The predicted octanol–water partition coefficient (Wildman–Crippen LogP) is -0.215. The number of carbonyl (C=O) groups excluding carboxylic acids is 2. The lowest BCUT2D eigenvalue weighted by molar-refractivity contribution is -0.422. The van der Waals surface area contributed by atoms with E-state index in [-0.39, 0.29) is 37.1 Å². The van der Waals surface area contributed by atoms with Crippen LogP contribution in [0.15, 0.2) is 54.6 Å². The molecule has 1 aliphatic carbocycles. The van der Waals surface area contributed by atoms with Crippen LogP contribution in [0.5, 0.6) is 5.75 Å². The Morgan fingerprint density at radius 2 is 1.65 bits per heavy atom. The molecular formula is C24H30ClNO5. The standard InChI is InChI=1S/C24H29NO5.ClH/c25-22(19-11-5-2-6-12-19)24(28)30-21(15-18-10-7-13-20(26)14-18)23(27)29-16-17-8-3-1-4-9-17;/h1,3-4,7-10,13-14,19,21-22,26H,2,5-6,11-12,15-16,25H2;1H/t21?,22-;/m0./s1. The Balaban J connectivity index is 0.00000341. The molecule has 1 saturated carbocycles. The second-order valence-electron chi connectivity index (χ2n) is 7.90. The first-order valence-corrected chi connectivity index (χ1v) is 10.5. The molecule has 4 N–H and O–H groups in total. The maximum absolute atomic E-state index is 12.8. The average Bonchev–Trinajstić information content (AvgIpc) is 2.77. The van der Waals surface area contributed by atoms with E-state index in [0.29, 0.717) is 5.56 Å². The Morgan fingerprint density at radius 3 is 2.32 bits per heavy atom. The molecule has 0 amide bonds. The first kappa shape index (κ1) is 24.7. The van der Waals surface area contributed by atoms with Crippen LogP contribution in [0.2, 0.25) is 0 Å². The van der Waals surface area contributed by atoms with E-state index in [2.05, 4.69) is 5.73 Å². The monoisotopic (exact) mass is 447 g/mol. The molecule has 2 aromatic carbocycles. The van der Waals surface area contributed by atoms with Gasteiger partial charge >= 0.3 is 11.9 Å². The molecule has 0 saturated heterocycles. The molecule has 3 rings (SSSR count). The molecular weight excluding hydrogens is 418 g/mol. The third-order valence-corrected chi connectivity index (χ3v) is 5.60. The molecule has 1 fully saturated rings. The molecule has 0 spiro atoms. The van der Waals surface area contributed by atoms with E-state index in [9.17, 15) is 14.7 Å². The average molecular weight is 448 g/mol. The highest BCUT2D eigenvalue weighted by Crippen LogP contribution is 2.26. The van der Waals surface area contributed by atoms with Gasteiger partial charge in [0.1, 0.15) is 12.4 Å². The Hall–Kier alpha value is -2.57. The number of ether oxygens (including phenoxy) is 2.